The molecule has 6 nitrogen and oxygen atoms in total. The van der Waals surface area contributed by atoms with Crippen LogP contribution in [0, 0.1) is 11.3 Å². The van der Waals surface area contributed by atoms with Crippen LogP contribution in [-0.4, -0.2) is 25.7 Å². The molecular weight excluding hydrogens is 340 g/mol. The number of rotatable bonds is 2. The number of aryl methyl sites for hydroxylation is 1. The van der Waals surface area contributed by atoms with Crippen LogP contribution >= 0.6 is 0 Å². The molecule has 5 rings (SSSR count). The number of amides is 2. The number of para-hydroxylation sites is 2. The zero-order valence-electron chi connectivity index (χ0n) is 14.5. The van der Waals surface area contributed by atoms with Crippen LogP contribution in [0.1, 0.15) is 32.0 Å². The van der Waals surface area contributed by atoms with Crippen molar-refractivity contribution in [1.29, 1.82) is 5.26 Å². The molecule has 1 aliphatic heterocycles. The first-order chi connectivity index (χ1) is 13.1. The monoisotopic (exact) mass is 354 g/mol. The van der Waals surface area contributed by atoms with Crippen molar-refractivity contribution in [3.05, 3.63) is 77.0 Å². The summed E-state index contributed by atoms with van der Waals surface area (Å²) in [5, 5.41) is 9.76. The van der Waals surface area contributed by atoms with Crippen LogP contribution < -0.4 is 0 Å². The lowest BCUT2D eigenvalue weighted by Gasteiger charge is -2.14. The number of benzene rings is 2. The number of nitrogens with zero attached hydrogens (tertiary/aromatic N) is 4. The van der Waals surface area contributed by atoms with Gasteiger partial charge < -0.3 is 4.57 Å². The first-order valence-electron chi connectivity index (χ1n) is 8.55. The van der Waals surface area contributed by atoms with E-state index in [9.17, 15) is 14.9 Å². The molecule has 0 atom stereocenters. The molecule has 0 saturated carbocycles. The lowest BCUT2D eigenvalue weighted by atomic mass is 10.1. The van der Waals surface area contributed by atoms with Gasteiger partial charge in [-0.2, -0.15) is 5.26 Å². The number of imide groups is 1. The van der Waals surface area contributed by atoms with Gasteiger partial charge in [-0.25, -0.2) is 0 Å². The molecule has 2 amide bonds. The molecule has 0 bridgehead atoms. The second-order valence-electron chi connectivity index (χ2n) is 6.60. The smallest absolute Gasteiger partial charge is 0.278 e. The first-order valence-corrected chi connectivity index (χ1v) is 8.55. The largest absolute Gasteiger partial charge is 0.328 e. The fraction of sp³-hybridized carbons (Fsp3) is 0.0952. The number of hydrogen-bond donors (Lipinski definition) is 0. The molecule has 2 aromatic heterocycles. The summed E-state index contributed by atoms with van der Waals surface area (Å²) in [6, 6.07) is 19.1. The van der Waals surface area contributed by atoms with Crippen molar-refractivity contribution in [1.82, 2.24) is 13.9 Å². The quantitative estimate of drug-likeness (QED) is 0.519. The van der Waals surface area contributed by atoms with Gasteiger partial charge in [0.25, 0.3) is 11.8 Å². The van der Waals surface area contributed by atoms with Gasteiger partial charge in [0.2, 0.25) is 0 Å². The maximum Gasteiger partial charge on any atom is 0.278 e. The Hall–Kier alpha value is -3.85. The molecule has 0 unspecified atom stereocenters. The highest BCUT2D eigenvalue weighted by Gasteiger charge is 2.43. The van der Waals surface area contributed by atoms with Gasteiger partial charge in [0.1, 0.15) is 23.0 Å². The molecule has 1 aliphatic rings. The van der Waals surface area contributed by atoms with Crippen LogP contribution in [-0.2, 0) is 13.6 Å². The average molecular weight is 354 g/mol. The third kappa shape index (κ3) is 1.88. The van der Waals surface area contributed by atoms with Crippen LogP contribution in [0.15, 0.2) is 54.6 Å². The van der Waals surface area contributed by atoms with Crippen LogP contribution in [0.2, 0.25) is 0 Å². The lowest BCUT2D eigenvalue weighted by Crippen LogP contribution is -2.30. The van der Waals surface area contributed by atoms with Crippen molar-refractivity contribution < 1.29 is 9.59 Å². The summed E-state index contributed by atoms with van der Waals surface area (Å²) in [7, 11) is 1.84. The van der Waals surface area contributed by atoms with Crippen molar-refractivity contribution in [2.24, 2.45) is 7.05 Å². The van der Waals surface area contributed by atoms with Crippen LogP contribution in [0.25, 0.3) is 16.7 Å². The zero-order chi connectivity index (χ0) is 18.7. The Labute approximate surface area is 154 Å². The number of carbonyl (C=O) groups excluding carboxylic acids is 2. The lowest BCUT2D eigenvalue weighted by molar-refractivity contribution is 0.0639. The molecule has 130 valence electrons. The maximum atomic E-state index is 13.2. The summed E-state index contributed by atoms with van der Waals surface area (Å²) in [6.07, 6.45) is 0. The molecule has 0 radical (unpaired) electrons. The number of hydrogen-bond acceptors (Lipinski definition) is 3. The molecule has 3 heterocycles. The number of imidazole rings is 1. The second-order valence-corrected chi connectivity index (χ2v) is 6.60. The van der Waals surface area contributed by atoms with Crippen molar-refractivity contribution in [2.45, 2.75) is 6.54 Å². The van der Waals surface area contributed by atoms with Crippen molar-refractivity contribution in [3.63, 3.8) is 0 Å². The Bertz CT molecular complexity index is 1310. The van der Waals surface area contributed by atoms with E-state index >= 15 is 0 Å². The highest BCUT2D eigenvalue weighted by molar-refractivity contribution is 6.23. The summed E-state index contributed by atoms with van der Waals surface area (Å²) in [5.41, 5.74) is 3.86. The van der Waals surface area contributed by atoms with E-state index in [2.05, 4.69) is 6.07 Å². The molecule has 0 aliphatic carbocycles. The minimum absolute atomic E-state index is 0.185. The topological polar surface area (TPSA) is 70.5 Å². The van der Waals surface area contributed by atoms with E-state index in [0.29, 0.717) is 5.65 Å². The SMILES string of the molecule is Cn1c2ccccc2n2c3c(c(C#N)c12)C(=O)N(Cc1ccccc1)C3=O. The predicted molar refractivity (Wildman–Crippen MR) is 99.2 cm³/mol. The Morgan fingerprint density at radius 1 is 0.926 bits per heavy atom. The van der Waals surface area contributed by atoms with E-state index < -0.39 is 5.91 Å². The average Bonchev–Trinajstić information content (AvgIpc) is 3.27. The highest BCUT2D eigenvalue weighted by Crippen LogP contribution is 2.35. The zero-order valence-corrected chi connectivity index (χ0v) is 14.5. The Morgan fingerprint density at radius 3 is 2.30 bits per heavy atom. The molecule has 0 N–H and O–H groups in total. The minimum Gasteiger partial charge on any atom is -0.328 e. The molecule has 0 saturated heterocycles. The van der Waals surface area contributed by atoms with E-state index in [1.165, 1.54) is 4.90 Å². The van der Waals surface area contributed by atoms with Crippen molar-refractivity contribution >= 4 is 28.5 Å². The normalized spacial score (nSPS) is 13.6. The summed E-state index contributed by atoms with van der Waals surface area (Å²) in [5.74, 6) is -0.783. The third-order valence-electron chi connectivity index (χ3n) is 5.15. The van der Waals surface area contributed by atoms with E-state index in [-0.39, 0.29) is 29.3 Å². The van der Waals surface area contributed by atoms with Gasteiger partial charge >= 0.3 is 0 Å². The summed E-state index contributed by atoms with van der Waals surface area (Å²) < 4.78 is 3.60. The van der Waals surface area contributed by atoms with Gasteiger partial charge in [0.05, 0.1) is 23.1 Å². The molecule has 6 heteroatoms. The molecule has 0 fully saturated rings. The van der Waals surface area contributed by atoms with E-state index in [1.54, 1.807) is 4.40 Å². The summed E-state index contributed by atoms with van der Waals surface area (Å²) in [6.45, 7) is 0.185. The second kappa shape index (κ2) is 5.32. The maximum absolute atomic E-state index is 13.2. The number of nitriles is 1. The molecule has 4 aromatic rings. The fourth-order valence-corrected chi connectivity index (χ4v) is 3.94. The van der Waals surface area contributed by atoms with E-state index in [4.69, 9.17) is 0 Å². The van der Waals surface area contributed by atoms with E-state index in [0.717, 1.165) is 16.6 Å². The Kier molecular flexibility index (Phi) is 3.04. The van der Waals surface area contributed by atoms with Gasteiger partial charge in [-0.3, -0.25) is 18.9 Å². The van der Waals surface area contributed by atoms with Gasteiger partial charge in [-0.15, -0.1) is 0 Å². The Balaban J connectivity index is 1.78. The van der Waals surface area contributed by atoms with Gasteiger partial charge in [-0.1, -0.05) is 42.5 Å². The van der Waals surface area contributed by atoms with Gasteiger partial charge in [0.15, 0.2) is 0 Å². The van der Waals surface area contributed by atoms with Crippen molar-refractivity contribution in [3.8, 4) is 6.07 Å². The molecule has 27 heavy (non-hydrogen) atoms. The molecule has 0 spiro atoms. The number of carbonyl (C=O) groups is 2. The van der Waals surface area contributed by atoms with Gasteiger partial charge in [-0.05, 0) is 17.7 Å². The fourth-order valence-electron chi connectivity index (χ4n) is 3.94. The van der Waals surface area contributed by atoms with Crippen LogP contribution in [0.3, 0.4) is 0 Å². The first kappa shape index (κ1) is 15.4. The predicted octanol–water partition coefficient (Wildman–Crippen LogP) is 3.10. The van der Waals surface area contributed by atoms with E-state index in [1.807, 2.05) is 66.2 Å². The highest BCUT2D eigenvalue weighted by atomic mass is 16.2. The van der Waals surface area contributed by atoms with Crippen LogP contribution in [0.4, 0.5) is 0 Å². The summed E-state index contributed by atoms with van der Waals surface area (Å²) in [4.78, 5) is 27.4. The number of fused-ring (bicyclic) bond motifs is 5. The molecular formula is C21H14N4O2. The van der Waals surface area contributed by atoms with Crippen molar-refractivity contribution in [2.75, 3.05) is 0 Å². The number of aromatic nitrogens is 2. The molecule has 2 aromatic carbocycles. The minimum atomic E-state index is -0.414. The Morgan fingerprint density at radius 2 is 1.59 bits per heavy atom. The van der Waals surface area contributed by atoms with Crippen LogP contribution in [0.5, 0.6) is 0 Å². The third-order valence-corrected chi connectivity index (χ3v) is 5.15. The summed E-state index contributed by atoms with van der Waals surface area (Å²) >= 11 is 0. The van der Waals surface area contributed by atoms with Gasteiger partial charge in [0, 0.05) is 7.05 Å². The standard InChI is InChI=1S/C21H14N4O2/c1-23-15-9-5-6-10-16(15)25-18-17(14(11-22)19(23)25)20(26)24(21(18)27)12-13-7-3-2-4-8-13/h2-10H,12H2,1H3.